The monoisotopic (exact) mass is 245 g/mol. The predicted molar refractivity (Wildman–Crippen MR) is 76.7 cm³/mol. The molecule has 98 valence electrons. The summed E-state index contributed by atoms with van der Waals surface area (Å²) in [6.45, 7) is 10.5. The molecule has 18 heavy (non-hydrogen) atoms. The zero-order valence-corrected chi connectivity index (χ0v) is 11.8. The number of benzene rings is 1. The number of rotatable bonds is 3. The minimum atomic E-state index is 0.311. The first-order valence-corrected chi connectivity index (χ1v) is 6.62. The predicted octanol–water partition coefficient (Wildman–Crippen LogP) is 2.63. The average molecular weight is 245 g/mol. The number of aliphatic imine (C=N–C) groups is 1. The number of aryl methyl sites for hydroxylation is 2. The molecule has 1 atom stereocenters. The fourth-order valence-electron chi connectivity index (χ4n) is 2.63. The summed E-state index contributed by atoms with van der Waals surface area (Å²) in [5.41, 5.74) is 9.95. The Labute approximate surface area is 110 Å². The fraction of sp³-hybridized carbons (Fsp3) is 0.533. The van der Waals surface area contributed by atoms with E-state index in [1.807, 2.05) is 0 Å². The van der Waals surface area contributed by atoms with Crippen LogP contribution in [0.1, 0.15) is 36.6 Å². The molecule has 1 aliphatic rings. The van der Waals surface area contributed by atoms with Crippen LogP contribution >= 0.6 is 0 Å². The highest BCUT2D eigenvalue weighted by Crippen LogP contribution is 2.27. The van der Waals surface area contributed by atoms with Gasteiger partial charge in [-0.05, 0) is 25.3 Å². The Balaban J connectivity index is 2.27. The number of nitrogens with zero attached hydrogens (tertiary/aromatic N) is 2. The van der Waals surface area contributed by atoms with Gasteiger partial charge in [-0.3, -0.25) is 4.99 Å². The van der Waals surface area contributed by atoms with E-state index < -0.39 is 0 Å². The molecule has 1 heterocycles. The van der Waals surface area contributed by atoms with Crippen molar-refractivity contribution in [1.82, 2.24) is 4.90 Å². The molecule has 1 aromatic carbocycles. The molecule has 0 saturated carbocycles. The number of hydrogen-bond acceptors (Lipinski definition) is 3. The zero-order valence-electron chi connectivity index (χ0n) is 11.8. The van der Waals surface area contributed by atoms with Gasteiger partial charge in [-0.1, -0.05) is 43.2 Å². The van der Waals surface area contributed by atoms with Crippen molar-refractivity contribution in [1.29, 1.82) is 0 Å². The van der Waals surface area contributed by atoms with E-state index in [-0.39, 0.29) is 0 Å². The van der Waals surface area contributed by atoms with E-state index in [0.717, 1.165) is 13.1 Å². The van der Waals surface area contributed by atoms with Gasteiger partial charge in [-0.2, -0.15) is 0 Å². The molecule has 2 N–H and O–H groups in total. The molecule has 0 spiro atoms. The van der Waals surface area contributed by atoms with E-state index in [4.69, 9.17) is 5.73 Å². The Morgan fingerprint density at radius 3 is 2.44 bits per heavy atom. The summed E-state index contributed by atoms with van der Waals surface area (Å²) in [4.78, 5) is 6.64. The molecule has 1 aromatic rings. The minimum Gasteiger partial charge on any atom is -0.370 e. The molecule has 0 aromatic heterocycles. The summed E-state index contributed by atoms with van der Waals surface area (Å²) in [5, 5.41) is 0. The first-order valence-electron chi connectivity index (χ1n) is 6.62. The van der Waals surface area contributed by atoms with E-state index in [1.165, 1.54) is 16.7 Å². The van der Waals surface area contributed by atoms with Crippen LogP contribution < -0.4 is 5.73 Å². The second-order valence-corrected chi connectivity index (χ2v) is 5.68. The molecule has 1 aliphatic heterocycles. The molecule has 2 rings (SSSR count). The second kappa shape index (κ2) is 5.01. The van der Waals surface area contributed by atoms with Crippen molar-refractivity contribution < 1.29 is 0 Å². The van der Waals surface area contributed by atoms with E-state index in [2.05, 4.69) is 55.8 Å². The molecule has 0 saturated heterocycles. The van der Waals surface area contributed by atoms with Crippen LogP contribution in [0.2, 0.25) is 0 Å². The molecular formula is C15H23N3. The van der Waals surface area contributed by atoms with Crippen molar-refractivity contribution in [3.8, 4) is 0 Å². The molecule has 3 nitrogen and oxygen atoms in total. The van der Waals surface area contributed by atoms with Gasteiger partial charge in [0.25, 0.3) is 0 Å². The summed E-state index contributed by atoms with van der Waals surface area (Å²) >= 11 is 0. The van der Waals surface area contributed by atoms with Gasteiger partial charge < -0.3 is 10.6 Å². The molecule has 0 radical (unpaired) electrons. The van der Waals surface area contributed by atoms with Crippen molar-refractivity contribution in [2.75, 3.05) is 13.1 Å². The Hall–Kier alpha value is -1.51. The minimum absolute atomic E-state index is 0.311. The first-order chi connectivity index (χ1) is 8.47. The van der Waals surface area contributed by atoms with Crippen LogP contribution in [0.5, 0.6) is 0 Å². The smallest absolute Gasteiger partial charge is 0.191 e. The van der Waals surface area contributed by atoms with Crippen LogP contribution in [0, 0.1) is 19.8 Å². The third kappa shape index (κ3) is 2.66. The Morgan fingerprint density at radius 2 is 1.89 bits per heavy atom. The van der Waals surface area contributed by atoms with E-state index in [0.29, 0.717) is 17.9 Å². The fourth-order valence-corrected chi connectivity index (χ4v) is 2.63. The Bertz CT molecular complexity index is 443. The summed E-state index contributed by atoms with van der Waals surface area (Å²) in [6, 6.07) is 7.01. The lowest BCUT2D eigenvalue weighted by Gasteiger charge is -2.28. The van der Waals surface area contributed by atoms with Gasteiger partial charge in [0, 0.05) is 6.54 Å². The lowest BCUT2D eigenvalue weighted by atomic mass is 10.00. The molecular weight excluding hydrogens is 222 g/mol. The van der Waals surface area contributed by atoms with Crippen molar-refractivity contribution in [3.05, 3.63) is 34.9 Å². The number of nitrogens with two attached hydrogens (primary N) is 1. The van der Waals surface area contributed by atoms with Crippen LogP contribution in [0.25, 0.3) is 0 Å². The average Bonchev–Trinajstić information content (AvgIpc) is 2.58. The van der Waals surface area contributed by atoms with Crippen LogP contribution in [0.15, 0.2) is 23.2 Å². The summed E-state index contributed by atoms with van der Waals surface area (Å²) < 4.78 is 0. The van der Waals surface area contributed by atoms with Crippen LogP contribution in [-0.2, 0) is 0 Å². The second-order valence-electron chi connectivity index (χ2n) is 5.68. The van der Waals surface area contributed by atoms with Crippen LogP contribution in [-0.4, -0.2) is 23.9 Å². The van der Waals surface area contributed by atoms with E-state index >= 15 is 0 Å². The van der Waals surface area contributed by atoms with E-state index in [1.54, 1.807) is 0 Å². The van der Waals surface area contributed by atoms with Gasteiger partial charge in [-0.15, -0.1) is 0 Å². The molecule has 0 bridgehead atoms. The Morgan fingerprint density at radius 1 is 1.28 bits per heavy atom. The van der Waals surface area contributed by atoms with Gasteiger partial charge in [0.2, 0.25) is 0 Å². The van der Waals surface area contributed by atoms with E-state index in [9.17, 15) is 0 Å². The maximum Gasteiger partial charge on any atom is 0.191 e. The topological polar surface area (TPSA) is 41.6 Å². The summed E-state index contributed by atoms with van der Waals surface area (Å²) in [5.74, 6) is 1.28. The summed E-state index contributed by atoms with van der Waals surface area (Å²) in [7, 11) is 0. The van der Waals surface area contributed by atoms with Gasteiger partial charge >= 0.3 is 0 Å². The van der Waals surface area contributed by atoms with Crippen LogP contribution in [0.3, 0.4) is 0 Å². The zero-order chi connectivity index (χ0) is 13.3. The van der Waals surface area contributed by atoms with Crippen molar-refractivity contribution in [2.24, 2.45) is 16.6 Å². The normalized spacial score (nSPS) is 19.5. The quantitative estimate of drug-likeness (QED) is 0.889. The van der Waals surface area contributed by atoms with Gasteiger partial charge in [-0.25, -0.2) is 0 Å². The lowest BCUT2D eigenvalue weighted by Crippen LogP contribution is -2.38. The molecule has 1 unspecified atom stereocenters. The Kier molecular flexibility index (Phi) is 3.60. The highest BCUT2D eigenvalue weighted by atomic mass is 15.3. The first kappa shape index (κ1) is 12.9. The maximum atomic E-state index is 6.01. The van der Waals surface area contributed by atoms with Crippen molar-refractivity contribution in [3.63, 3.8) is 0 Å². The van der Waals surface area contributed by atoms with Crippen molar-refractivity contribution >= 4 is 5.96 Å². The third-order valence-electron chi connectivity index (χ3n) is 3.29. The highest BCUT2D eigenvalue weighted by molar-refractivity contribution is 5.80. The van der Waals surface area contributed by atoms with Gasteiger partial charge in [0.05, 0.1) is 12.6 Å². The SMILES string of the molecule is Cc1cc(C)cc(C2CN=C(N)N2CC(C)C)c1. The third-order valence-corrected chi connectivity index (χ3v) is 3.29. The van der Waals surface area contributed by atoms with Crippen LogP contribution in [0.4, 0.5) is 0 Å². The standard InChI is InChI=1S/C15H23N3/c1-10(2)9-18-14(8-17-15(18)16)13-6-11(3)5-12(4)7-13/h5-7,10,14H,8-9H2,1-4H3,(H2,16,17). The molecule has 0 aliphatic carbocycles. The van der Waals surface area contributed by atoms with Crippen molar-refractivity contribution in [2.45, 2.75) is 33.7 Å². The lowest BCUT2D eigenvalue weighted by molar-refractivity contribution is 0.309. The molecule has 0 fully saturated rings. The van der Waals surface area contributed by atoms with Gasteiger partial charge in [0.15, 0.2) is 5.96 Å². The highest BCUT2D eigenvalue weighted by Gasteiger charge is 2.27. The molecule has 0 amide bonds. The number of guanidine groups is 1. The molecule has 3 heteroatoms. The largest absolute Gasteiger partial charge is 0.370 e. The summed E-state index contributed by atoms with van der Waals surface area (Å²) in [6.07, 6.45) is 0. The van der Waals surface area contributed by atoms with Gasteiger partial charge in [0.1, 0.15) is 0 Å². The number of hydrogen-bond donors (Lipinski definition) is 1. The maximum absolute atomic E-state index is 6.01.